The van der Waals surface area contributed by atoms with Gasteiger partial charge >= 0.3 is 0 Å². The van der Waals surface area contributed by atoms with Crippen molar-refractivity contribution in [3.63, 3.8) is 0 Å². The molecule has 0 saturated heterocycles. The fourth-order valence-corrected chi connectivity index (χ4v) is 1.98. The van der Waals surface area contributed by atoms with E-state index < -0.39 is 0 Å². The van der Waals surface area contributed by atoms with Crippen LogP contribution < -0.4 is 5.32 Å². The van der Waals surface area contributed by atoms with Crippen molar-refractivity contribution < 1.29 is 4.74 Å². The Morgan fingerprint density at radius 3 is 2.87 bits per heavy atom. The zero-order valence-corrected chi connectivity index (χ0v) is 11.3. The zero-order chi connectivity index (χ0) is 11.3. The van der Waals surface area contributed by atoms with Crippen LogP contribution in [0.4, 0.5) is 5.69 Å². The van der Waals surface area contributed by atoms with Crippen molar-refractivity contribution in [1.82, 2.24) is 0 Å². The van der Waals surface area contributed by atoms with Crippen LogP contribution >= 0.6 is 27.5 Å². The van der Waals surface area contributed by atoms with E-state index in [4.69, 9.17) is 16.3 Å². The van der Waals surface area contributed by atoms with Gasteiger partial charge in [-0.05, 0) is 47.0 Å². The molecule has 0 aromatic heterocycles. The molecule has 1 N–H and O–H groups in total. The first kappa shape index (κ1) is 12.8. The topological polar surface area (TPSA) is 21.3 Å². The second-order valence-corrected chi connectivity index (χ2v) is 4.62. The number of ether oxygens (including phenoxy) is 1. The second-order valence-electron chi connectivity index (χ2n) is 3.35. The Kier molecular flexibility index (Phi) is 5.43. The van der Waals surface area contributed by atoms with Gasteiger partial charge in [-0.1, -0.05) is 11.6 Å². The lowest BCUT2D eigenvalue weighted by Crippen LogP contribution is -2.05. The number of hydrogen-bond donors (Lipinski definition) is 1. The third-order valence-corrected chi connectivity index (χ3v) is 3.15. The molecule has 1 aromatic rings. The summed E-state index contributed by atoms with van der Waals surface area (Å²) in [5.74, 6) is 0. The maximum Gasteiger partial charge on any atom is 0.0499 e. The number of nitrogens with one attached hydrogen (secondary N) is 1. The van der Waals surface area contributed by atoms with Gasteiger partial charge in [0.2, 0.25) is 0 Å². The Morgan fingerprint density at radius 2 is 2.20 bits per heavy atom. The van der Waals surface area contributed by atoms with Crippen molar-refractivity contribution in [2.24, 2.45) is 0 Å². The van der Waals surface area contributed by atoms with Crippen molar-refractivity contribution >= 4 is 33.2 Å². The van der Waals surface area contributed by atoms with Gasteiger partial charge in [0, 0.05) is 35.4 Å². The second kappa shape index (κ2) is 6.36. The van der Waals surface area contributed by atoms with Gasteiger partial charge in [0.25, 0.3) is 0 Å². The monoisotopic (exact) mass is 291 g/mol. The quantitative estimate of drug-likeness (QED) is 0.832. The minimum atomic E-state index is 0.768. The largest absolute Gasteiger partial charge is 0.385 e. The Morgan fingerprint density at radius 1 is 1.47 bits per heavy atom. The molecule has 0 aliphatic carbocycles. The van der Waals surface area contributed by atoms with E-state index in [-0.39, 0.29) is 0 Å². The molecule has 4 heteroatoms. The fraction of sp³-hybridized carbons (Fsp3) is 0.455. The summed E-state index contributed by atoms with van der Waals surface area (Å²) in [4.78, 5) is 0. The third kappa shape index (κ3) is 4.01. The molecule has 0 spiro atoms. The summed E-state index contributed by atoms with van der Waals surface area (Å²) in [7, 11) is 1.71. The van der Waals surface area contributed by atoms with Gasteiger partial charge in [0.05, 0.1) is 0 Å². The van der Waals surface area contributed by atoms with Crippen LogP contribution in [0.25, 0.3) is 0 Å². The number of aryl methyl sites for hydroxylation is 1. The van der Waals surface area contributed by atoms with Crippen LogP contribution in [0.1, 0.15) is 12.0 Å². The molecule has 0 saturated carbocycles. The average Bonchev–Trinajstić information content (AvgIpc) is 2.20. The third-order valence-electron chi connectivity index (χ3n) is 2.09. The number of rotatable bonds is 5. The molecule has 0 heterocycles. The summed E-state index contributed by atoms with van der Waals surface area (Å²) in [6, 6.07) is 3.95. The van der Waals surface area contributed by atoms with Crippen LogP contribution in [-0.4, -0.2) is 20.3 Å². The molecule has 0 fully saturated rings. The van der Waals surface area contributed by atoms with Crippen molar-refractivity contribution in [2.75, 3.05) is 25.6 Å². The fourth-order valence-electron chi connectivity index (χ4n) is 1.22. The Labute approximate surface area is 104 Å². The van der Waals surface area contributed by atoms with Gasteiger partial charge in [-0.15, -0.1) is 0 Å². The first-order valence-corrected chi connectivity index (χ1v) is 6.00. The van der Waals surface area contributed by atoms with Crippen molar-refractivity contribution in [3.05, 3.63) is 27.2 Å². The average molecular weight is 293 g/mol. The van der Waals surface area contributed by atoms with E-state index in [1.54, 1.807) is 7.11 Å². The molecule has 0 radical (unpaired) electrons. The SMILES string of the molecule is COCCCNc1cc(Cl)c(C)cc1Br. The van der Waals surface area contributed by atoms with E-state index in [1.807, 2.05) is 19.1 Å². The van der Waals surface area contributed by atoms with Gasteiger partial charge < -0.3 is 10.1 Å². The molecule has 1 aromatic carbocycles. The van der Waals surface area contributed by atoms with Gasteiger partial charge in [-0.25, -0.2) is 0 Å². The molecule has 1 rings (SSSR count). The molecule has 0 aliphatic heterocycles. The predicted molar refractivity (Wildman–Crippen MR) is 68.9 cm³/mol. The van der Waals surface area contributed by atoms with E-state index in [0.29, 0.717) is 0 Å². The molecule has 0 aliphatic rings. The van der Waals surface area contributed by atoms with Gasteiger partial charge in [0.15, 0.2) is 0 Å². The molecular formula is C11H15BrClNO. The zero-order valence-electron chi connectivity index (χ0n) is 8.94. The van der Waals surface area contributed by atoms with E-state index in [2.05, 4.69) is 21.2 Å². The van der Waals surface area contributed by atoms with Gasteiger partial charge in [0.1, 0.15) is 0 Å². The molecule has 2 nitrogen and oxygen atoms in total. The number of halogens is 2. The number of methoxy groups -OCH3 is 1. The highest BCUT2D eigenvalue weighted by Crippen LogP contribution is 2.28. The molecule has 0 unspecified atom stereocenters. The Hall–Kier alpha value is -0.250. The predicted octanol–water partition coefficient (Wildman–Crippen LogP) is 3.86. The molecule has 0 atom stereocenters. The van der Waals surface area contributed by atoms with Crippen LogP contribution in [0.2, 0.25) is 5.02 Å². The first-order chi connectivity index (χ1) is 7.15. The summed E-state index contributed by atoms with van der Waals surface area (Å²) >= 11 is 9.54. The molecule has 0 bridgehead atoms. The van der Waals surface area contributed by atoms with Crippen LogP contribution in [0.15, 0.2) is 16.6 Å². The Bertz CT molecular complexity index is 331. The lowest BCUT2D eigenvalue weighted by molar-refractivity contribution is 0.198. The van der Waals surface area contributed by atoms with Crippen molar-refractivity contribution in [1.29, 1.82) is 0 Å². The maximum atomic E-state index is 6.04. The van der Waals surface area contributed by atoms with Gasteiger partial charge in [-0.2, -0.15) is 0 Å². The summed E-state index contributed by atoms with van der Waals surface area (Å²) in [6.45, 7) is 3.64. The highest BCUT2D eigenvalue weighted by atomic mass is 79.9. The Balaban J connectivity index is 2.57. The number of anilines is 1. The first-order valence-electron chi connectivity index (χ1n) is 4.83. The highest BCUT2D eigenvalue weighted by molar-refractivity contribution is 9.10. The standard InChI is InChI=1S/C11H15BrClNO/c1-8-6-9(12)11(7-10(8)13)14-4-3-5-15-2/h6-7,14H,3-5H2,1-2H3. The number of benzene rings is 1. The van der Waals surface area contributed by atoms with Crippen molar-refractivity contribution in [3.8, 4) is 0 Å². The normalized spacial score (nSPS) is 10.4. The molecule has 84 valence electrons. The lowest BCUT2D eigenvalue weighted by Gasteiger charge is -2.10. The summed E-state index contributed by atoms with van der Waals surface area (Å²) in [5.41, 5.74) is 2.10. The van der Waals surface area contributed by atoms with E-state index >= 15 is 0 Å². The van der Waals surface area contributed by atoms with Crippen LogP contribution in [0, 0.1) is 6.92 Å². The highest BCUT2D eigenvalue weighted by Gasteiger charge is 2.03. The van der Waals surface area contributed by atoms with Crippen molar-refractivity contribution in [2.45, 2.75) is 13.3 Å². The van der Waals surface area contributed by atoms with Crippen LogP contribution in [-0.2, 0) is 4.74 Å². The molecular weight excluding hydrogens is 277 g/mol. The van der Waals surface area contributed by atoms with E-state index in [1.165, 1.54) is 0 Å². The lowest BCUT2D eigenvalue weighted by atomic mass is 10.2. The smallest absolute Gasteiger partial charge is 0.0499 e. The summed E-state index contributed by atoms with van der Waals surface area (Å²) in [6.07, 6.45) is 0.981. The van der Waals surface area contributed by atoms with Crippen LogP contribution in [0.5, 0.6) is 0 Å². The summed E-state index contributed by atoms with van der Waals surface area (Å²) in [5, 5.41) is 4.09. The summed E-state index contributed by atoms with van der Waals surface area (Å²) < 4.78 is 6.02. The van der Waals surface area contributed by atoms with Crippen LogP contribution in [0.3, 0.4) is 0 Å². The molecule has 15 heavy (non-hydrogen) atoms. The van der Waals surface area contributed by atoms with E-state index in [9.17, 15) is 0 Å². The maximum absolute atomic E-state index is 6.04. The number of hydrogen-bond acceptors (Lipinski definition) is 2. The van der Waals surface area contributed by atoms with Gasteiger partial charge in [-0.3, -0.25) is 0 Å². The minimum absolute atomic E-state index is 0.768. The minimum Gasteiger partial charge on any atom is -0.385 e. The van der Waals surface area contributed by atoms with E-state index in [0.717, 1.165) is 40.3 Å². The molecule has 0 amide bonds.